The van der Waals surface area contributed by atoms with Crippen LogP contribution in [0.25, 0.3) is 0 Å². The lowest BCUT2D eigenvalue weighted by Crippen LogP contribution is -2.29. The number of carbonyl (C=O) groups is 3. The van der Waals surface area contributed by atoms with Gasteiger partial charge in [0.05, 0.1) is 6.61 Å². The second-order valence-electron chi connectivity index (χ2n) is 5.55. The van der Waals surface area contributed by atoms with E-state index in [1.165, 1.54) is 12.1 Å². The highest BCUT2D eigenvalue weighted by atomic mass is 16.7. The van der Waals surface area contributed by atoms with E-state index < -0.39 is 6.16 Å². The Bertz CT molecular complexity index is 638. The van der Waals surface area contributed by atoms with E-state index in [0.717, 1.165) is 12.0 Å². The number of nitrogens with one attached hydrogen (secondary N) is 2. The number of rotatable bonds is 9. The molecule has 2 N–H and O–H groups in total. The molecule has 7 nitrogen and oxygen atoms in total. The summed E-state index contributed by atoms with van der Waals surface area (Å²) < 4.78 is 9.59. The molecule has 0 heterocycles. The van der Waals surface area contributed by atoms with E-state index in [1.54, 1.807) is 25.1 Å². The zero-order valence-electron chi connectivity index (χ0n) is 15.5. The van der Waals surface area contributed by atoms with Gasteiger partial charge in [-0.15, -0.1) is 0 Å². The topological polar surface area (TPSA) is 93.7 Å². The number of hydrogen-bond donors (Lipinski definition) is 2. The van der Waals surface area contributed by atoms with Crippen LogP contribution in [0.1, 0.15) is 44.0 Å². The van der Waals surface area contributed by atoms with Crippen LogP contribution in [-0.4, -0.2) is 37.7 Å². The van der Waals surface area contributed by atoms with Gasteiger partial charge >= 0.3 is 6.16 Å². The van der Waals surface area contributed by atoms with Gasteiger partial charge in [-0.1, -0.05) is 12.5 Å². The molecule has 142 valence electrons. The molecule has 0 saturated heterocycles. The van der Waals surface area contributed by atoms with Gasteiger partial charge in [-0.25, -0.2) is 4.79 Å². The molecule has 2 amide bonds. The Hall–Kier alpha value is -2.83. The monoisotopic (exact) mass is 362 g/mol. The first-order valence-electron chi connectivity index (χ1n) is 8.64. The Balaban J connectivity index is 2.31. The Morgan fingerprint density at radius 3 is 2.31 bits per heavy atom. The van der Waals surface area contributed by atoms with Crippen molar-refractivity contribution in [3.63, 3.8) is 0 Å². The number of benzene rings is 1. The zero-order chi connectivity index (χ0) is 19.4. The molecule has 0 radical (unpaired) electrons. The quantitative estimate of drug-likeness (QED) is 0.305. The summed E-state index contributed by atoms with van der Waals surface area (Å²) in [5.74, 6) is -0.0493. The highest BCUT2D eigenvalue weighted by Gasteiger charge is 2.08. The molecule has 0 aliphatic rings. The van der Waals surface area contributed by atoms with Gasteiger partial charge in [-0.2, -0.15) is 0 Å². The van der Waals surface area contributed by atoms with Crippen LogP contribution in [0, 0.1) is 0 Å². The van der Waals surface area contributed by atoms with Crippen molar-refractivity contribution in [2.24, 2.45) is 0 Å². The van der Waals surface area contributed by atoms with Gasteiger partial charge in [-0.3, -0.25) is 9.59 Å². The predicted molar refractivity (Wildman–Crippen MR) is 98.1 cm³/mol. The molecule has 7 heteroatoms. The summed E-state index contributed by atoms with van der Waals surface area (Å²) in [4.78, 5) is 34.8. The summed E-state index contributed by atoms with van der Waals surface area (Å²) in [7, 11) is 0. The average molecular weight is 362 g/mol. The highest BCUT2D eigenvalue weighted by molar-refractivity contribution is 5.94. The van der Waals surface area contributed by atoms with Crippen molar-refractivity contribution in [3.05, 3.63) is 41.5 Å². The van der Waals surface area contributed by atoms with Gasteiger partial charge in [0.1, 0.15) is 5.75 Å². The fourth-order valence-electron chi connectivity index (χ4n) is 1.90. The van der Waals surface area contributed by atoms with E-state index >= 15 is 0 Å². The van der Waals surface area contributed by atoms with Crippen LogP contribution < -0.4 is 15.4 Å². The molecule has 0 unspecified atom stereocenters. The molecule has 26 heavy (non-hydrogen) atoms. The van der Waals surface area contributed by atoms with E-state index in [1.807, 2.05) is 13.8 Å². The smallest absolute Gasteiger partial charge is 0.434 e. The molecule has 0 aliphatic heterocycles. The zero-order valence-corrected chi connectivity index (χ0v) is 15.5. The van der Waals surface area contributed by atoms with E-state index in [9.17, 15) is 14.4 Å². The van der Waals surface area contributed by atoms with Gasteiger partial charge in [-0.05, 0) is 51.0 Å². The Morgan fingerprint density at radius 2 is 1.69 bits per heavy atom. The summed E-state index contributed by atoms with van der Waals surface area (Å²) in [5, 5.41) is 5.54. The number of amides is 2. The normalized spacial score (nSPS) is 10.8. The third-order valence-corrected chi connectivity index (χ3v) is 3.45. The number of hydrogen-bond acceptors (Lipinski definition) is 5. The number of ether oxygens (including phenoxy) is 2. The fourth-order valence-corrected chi connectivity index (χ4v) is 1.90. The van der Waals surface area contributed by atoms with E-state index in [2.05, 4.69) is 15.4 Å². The van der Waals surface area contributed by atoms with Crippen LogP contribution in [-0.2, 0) is 9.53 Å². The lowest BCUT2D eigenvalue weighted by atomic mass is 10.2. The molecule has 1 aromatic rings. The van der Waals surface area contributed by atoms with Crippen molar-refractivity contribution in [3.8, 4) is 5.75 Å². The maximum absolute atomic E-state index is 12.0. The number of allylic oxidation sites excluding steroid dienone is 1. The van der Waals surface area contributed by atoms with Crippen LogP contribution in [0.4, 0.5) is 4.79 Å². The highest BCUT2D eigenvalue weighted by Crippen LogP contribution is 2.12. The minimum Gasteiger partial charge on any atom is -0.434 e. The summed E-state index contributed by atoms with van der Waals surface area (Å²) in [6.07, 6.45) is 2.27. The van der Waals surface area contributed by atoms with Gasteiger partial charge < -0.3 is 20.1 Å². The molecule has 0 aromatic heterocycles. The lowest BCUT2D eigenvalue weighted by molar-refractivity contribution is -0.116. The van der Waals surface area contributed by atoms with Crippen LogP contribution in [0.3, 0.4) is 0 Å². The standard InChI is InChI=1S/C19H26N2O5/c1-4-14(3)13-17(22)20-11-6-12-21-18(23)15-7-9-16(10-8-15)26-19(24)25-5-2/h7-10,13H,4-6,11-12H2,1-3H3,(H,20,22)(H,21,23)/b14-13+. The molecular formula is C19H26N2O5. The lowest BCUT2D eigenvalue weighted by Gasteiger charge is -2.07. The average Bonchev–Trinajstić information content (AvgIpc) is 2.61. The first-order valence-corrected chi connectivity index (χ1v) is 8.64. The SMILES string of the molecule is CCOC(=O)Oc1ccc(C(=O)NCCCNC(=O)/C=C(\C)CC)cc1. The largest absolute Gasteiger partial charge is 0.513 e. The molecule has 1 rings (SSSR count). The molecule has 0 bridgehead atoms. The molecule has 0 aliphatic carbocycles. The van der Waals surface area contributed by atoms with Crippen LogP contribution in [0.5, 0.6) is 5.75 Å². The first kappa shape index (κ1) is 21.2. The van der Waals surface area contributed by atoms with Crippen LogP contribution in [0.2, 0.25) is 0 Å². The van der Waals surface area contributed by atoms with E-state index in [0.29, 0.717) is 30.8 Å². The Kier molecular flexibility index (Phi) is 9.53. The van der Waals surface area contributed by atoms with Gasteiger partial charge in [0.15, 0.2) is 0 Å². The fraction of sp³-hybridized carbons (Fsp3) is 0.421. The number of carbonyl (C=O) groups excluding carboxylic acids is 3. The summed E-state index contributed by atoms with van der Waals surface area (Å²) in [6, 6.07) is 6.16. The van der Waals surface area contributed by atoms with Crippen molar-refractivity contribution in [1.29, 1.82) is 0 Å². The third kappa shape index (κ3) is 8.32. The summed E-state index contributed by atoms with van der Waals surface area (Å²) >= 11 is 0. The maximum atomic E-state index is 12.0. The Labute approximate surface area is 153 Å². The van der Waals surface area contributed by atoms with Gasteiger partial charge in [0.2, 0.25) is 5.91 Å². The summed E-state index contributed by atoms with van der Waals surface area (Å²) in [6.45, 7) is 6.74. The van der Waals surface area contributed by atoms with Gasteiger partial charge in [0.25, 0.3) is 5.91 Å². The summed E-state index contributed by atoms with van der Waals surface area (Å²) in [5.41, 5.74) is 1.47. The van der Waals surface area contributed by atoms with Crippen molar-refractivity contribution in [1.82, 2.24) is 10.6 Å². The molecule has 0 fully saturated rings. The molecule has 1 aromatic carbocycles. The van der Waals surface area contributed by atoms with Crippen molar-refractivity contribution in [2.45, 2.75) is 33.6 Å². The molecule has 0 atom stereocenters. The minimum atomic E-state index is -0.782. The third-order valence-electron chi connectivity index (χ3n) is 3.45. The first-order chi connectivity index (χ1) is 12.5. The Morgan fingerprint density at radius 1 is 1.04 bits per heavy atom. The van der Waals surface area contributed by atoms with Crippen molar-refractivity contribution in [2.75, 3.05) is 19.7 Å². The van der Waals surface area contributed by atoms with Crippen LogP contribution in [0.15, 0.2) is 35.9 Å². The van der Waals surface area contributed by atoms with E-state index in [4.69, 9.17) is 4.74 Å². The van der Waals surface area contributed by atoms with Gasteiger partial charge in [0, 0.05) is 24.7 Å². The molecule has 0 spiro atoms. The van der Waals surface area contributed by atoms with E-state index in [-0.39, 0.29) is 18.4 Å². The second kappa shape index (κ2) is 11.7. The predicted octanol–water partition coefficient (Wildman–Crippen LogP) is 2.81. The molecular weight excluding hydrogens is 336 g/mol. The van der Waals surface area contributed by atoms with Crippen LogP contribution >= 0.6 is 0 Å². The minimum absolute atomic E-state index is 0.118. The van der Waals surface area contributed by atoms with Crippen molar-refractivity contribution < 1.29 is 23.9 Å². The molecule has 0 saturated carbocycles. The van der Waals surface area contributed by atoms with Crippen molar-refractivity contribution >= 4 is 18.0 Å². The maximum Gasteiger partial charge on any atom is 0.513 e. The second-order valence-corrected chi connectivity index (χ2v) is 5.55.